The van der Waals surface area contributed by atoms with Gasteiger partial charge in [-0.15, -0.1) is 0 Å². The van der Waals surface area contributed by atoms with Crippen molar-refractivity contribution in [2.45, 2.75) is 6.42 Å². The molecule has 82 valence electrons. The smallest absolute Gasteiger partial charge is 0.311 e. The maximum Gasteiger partial charge on any atom is 0.311 e. The van der Waals surface area contributed by atoms with Crippen LogP contribution >= 0.6 is 0 Å². The summed E-state index contributed by atoms with van der Waals surface area (Å²) in [4.78, 5) is 13.6. The number of para-hydroxylation sites is 1. The van der Waals surface area contributed by atoms with E-state index in [1.54, 1.807) is 12.3 Å². The molecule has 4 heteroatoms. The van der Waals surface area contributed by atoms with Crippen LogP contribution in [0.1, 0.15) is 5.76 Å². The topological polar surface area (TPSA) is 66.2 Å². The van der Waals surface area contributed by atoms with E-state index in [2.05, 4.69) is 4.98 Å². The lowest BCUT2D eigenvalue weighted by Gasteiger charge is -1.96. The second kappa shape index (κ2) is 4.53. The molecule has 2 aromatic rings. The van der Waals surface area contributed by atoms with E-state index in [4.69, 9.17) is 9.52 Å². The van der Waals surface area contributed by atoms with Crippen molar-refractivity contribution < 1.29 is 14.3 Å². The van der Waals surface area contributed by atoms with Gasteiger partial charge in [0.25, 0.3) is 0 Å². The average Bonchev–Trinajstić information content (AvgIpc) is 2.23. The molecule has 0 radical (unpaired) electrons. The average molecular weight is 217 g/mol. The van der Waals surface area contributed by atoms with Crippen LogP contribution in [0.2, 0.25) is 0 Å². The number of rotatable bonds is 2. The minimum Gasteiger partial charge on any atom is -0.481 e. The number of benzene rings is 1. The Labute approximate surface area is 91.8 Å². The largest absolute Gasteiger partial charge is 0.481 e. The fraction of sp³-hybridized carbons (Fsp3) is 0.0833. The number of aromatic nitrogens is 1. The zero-order valence-electron chi connectivity index (χ0n) is 8.51. The van der Waals surface area contributed by atoms with Crippen molar-refractivity contribution in [1.29, 1.82) is 0 Å². The molecule has 0 fully saturated rings. The van der Waals surface area contributed by atoms with Gasteiger partial charge in [0, 0.05) is 17.1 Å². The number of hydrogen-bond acceptors (Lipinski definition) is 2. The molecular weight excluding hydrogens is 206 g/mol. The highest BCUT2D eigenvalue weighted by Gasteiger charge is 2.00. The lowest BCUT2D eigenvalue weighted by Crippen LogP contribution is -1.99. The van der Waals surface area contributed by atoms with Crippen molar-refractivity contribution in [2.75, 3.05) is 0 Å². The van der Waals surface area contributed by atoms with Gasteiger partial charge in [0.05, 0.1) is 6.26 Å². The van der Waals surface area contributed by atoms with Gasteiger partial charge in [-0.25, -0.2) is 0 Å². The van der Waals surface area contributed by atoms with Crippen LogP contribution in [0.4, 0.5) is 0 Å². The molecule has 0 saturated carbocycles. The number of fused-ring (bicyclic) bond motifs is 1. The van der Waals surface area contributed by atoms with Gasteiger partial charge in [-0.3, -0.25) is 4.79 Å². The summed E-state index contributed by atoms with van der Waals surface area (Å²) in [7, 11) is 0. The summed E-state index contributed by atoms with van der Waals surface area (Å²) in [5, 5.41) is 9.64. The normalized spacial score (nSPS) is 10.0. The van der Waals surface area contributed by atoms with Gasteiger partial charge >= 0.3 is 5.97 Å². The summed E-state index contributed by atoms with van der Waals surface area (Å²) in [6.45, 7) is 0. The first kappa shape index (κ1) is 10.3. The number of aromatic amines is 1. The number of H-pyrrole nitrogens is 1. The minimum absolute atomic E-state index is 0.139. The van der Waals surface area contributed by atoms with Gasteiger partial charge in [0.2, 0.25) is 0 Å². The second-order valence-corrected chi connectivity index (χ2v) is 3.33. The zero-order chi connectivity index (χ0) is 11.4. The number of carboxylic acids is 1. The second-order valence-electron chi connectivity index (χ2n) is 3.33. The summed E-state index contributed by atoms with van der Waals surface area (Å²) in [6, 6.07) is 9.48. The van der Waals surface area contributed by atoms with E-state index in [0.717, 1.165) is 10.9 Å². The lowest BCUT2D eigenvalue weighted by molar-refractivity contribution is -0.136. The third-order valence-electron chi connectivity index (χ3n) is 2.14. The van der Waals surface area contributed by atoms with E-state index in [-0.39, 0.29) is 6.42 Å². The number of aliphatic carboxylic acids is 1. The fourth-order valence-electron chi connectivity index (χ4n) is 1.40. The third-order valence-corrected chi connectivity index (χ3v) is 2.14. The summed E-state index contributed by atoms with van der Waals surface area (Å²) < 4.78 is 5.19. The van der Waals surface area contributed by atoms with Gasteiger partial charge in [-0.2, -0.15) is 0 Å². The van der Waals surface area contributed by atoms with E-state index >= 15 is 0 Å². The van der Waals surface area contributed by atoms with Gasteiger partial charge < -0.3 is 14.5 Å². The molecule has 0 saturated heterocycles. The van der Waals surface area contributed by atoms with Crippen LogP contribution in [-0.2, 0) is 11.2 Å². The highest BCUT2D eigenvalue weighted by molar-refractivity contribution is 5.77. The molecule has 16 heavy (non-hydrogen) atoms. The van der Waals surface area contributed by atoms with E-state index in [1.165, 1.54) is 6.26 Å². The van der Waals surface area contributed by atoms with Crippen LogP contribution in [0, 0.1) is 0 Å². The molecule has 0 amide bonds. The molecule has 4 nitrogen and oxygen atoms in total. The van der Waals surface area contributed by atoms with Crippen molar-refractivity contribution in [2.24, 2.45) is 0 Å². The Bertz CT molecular complexity index is 552. The van der Waals surface area contributed by atoms with Crippen molar-refractivity contribution in [3.63, 3.8) is 0 Å². The van der Waals surface area contributed by atoms with Crippen molar-refractivity contribution in [3.05, 3.63) is 48.6 Å². The molecule has 1 heterocycles. The Morgan fingerprint density at radius 1 is 1.31 bits per heavy atom. The van der Waals surface area contributed by atoms with Crippen LogP contribution in [0.15, 0.2) is 47.2 Å². The molecule has 1 aromatic heterocycles. The predicted molar refractivity (Wildman–Crippen MR) is 59.5 cm³/mol. The van der Waals surface area contributed by atoms with E-state index in [0.29, 0.717) is 5.76 Å². The number of nitrogens with one attached hydrogen (secondary N) is 1. The van der Waals surface area contributed by atoms with Gasteiger partial charge in [0.15, 0.2) is 0 Å². The Morgan fingerprint density at radius 3 is 2.94 bits per heavy atom. The van der Waals surface area contributed by atoms with E-state index in [1.807, 2.05) is 24.3 Å². The molecule has 0 aliphatic carbocycles. The molecule has 1 aromatic carbocycles. The Hall–Kier alpha value is -2.23. The number of hydrogen-bond donors (Lipinski definition) is 2. The summed E-state index contributed by atoms with van der Waals surface area (Å²) in [6.07, 6.45) is 2.92. The summed E-state index contributed by atoms with van der Waals surface area (Å²) >= 11 is 0. The minimum atomic E-state index is -0.921. The molecule has 0 unspecified atom stereocenters. The maximum atomic E-state index is 10.5. The van der Waals surface area contributed by atoms with Crippen LogP contribution in [-0.4, -0.2) is 16.1 Å². The Morgan fingerprint density at radius 2 is 2.12 bits per heavy atom. The third kappa shape index (κ3) is 2.42. The molecule has 2 N–H and O–H groups in total. The SMILES string of the molecule is O=C(O)Cc1c[nH]c2ccccc2cco1. The van der Waals surface area contributed by atoms with Gasteiger partial charge in [-0.1, -0.05) is 18.2 Å². The van der Waals surface area contributed by atoms with Crippen molar-refractivity contribution in [3.8, 4) is 0 Å². The molecular formula is C12H11NO3. The van der Waals surface area contributed by atoms with Crippen LogP contribution in [0.5, 0.6) is 0 Å². The number of carbonyl (C=O) groups is 1. The highest BCUT2D eigenvalue weighted by Crippen LogP contribution is 2.08. The number of carboxylic acid groups (broad SMARTS) is 1. The summed E-state index contributed by atoms with van der Waals surface area (Å²) in [5.41, 5.74) is 0.921. The molecule has 2 rings (SSSR count). The molecule has 0 aliphatic rings. The molecule has 0 aliphatic heterocycles. The quantitative estimate of drug-likeness (QED) is 0.812. The lowest BCUT2D eigenvalue weighted by atomic mass is 10.2. The fourth-order valence-corrected chi connectivity index (χ4v) is 1.40. The monoisotopic (exact) mass is 217 g/mol. The molecule has 0 atom stereocenters. The van der Waals surface area contributed by atoms with E-state index < -0.39 is 5.97 Å². The first-order valence-corrected chi connectivity index (χ1v) is 4.85. The first-order valence-electron chi connectivity index (χ1n) is 4.85. The van der Waals surface area contributed by atoms with Crippen LogP contribution in [0.25, 0.3) is 10.9 Å². The van der Waals surface area contributed by atoms with Crippen LogP contribution in [0.3, 0.4) is 0 Å². The maximum absolute atomic E-state index is 10.5. The van der Waals surface area contributed by atoms with Crippen molar-refractivity contribution in [1.82, 2.24) is 4.98 Å². The zero-order valence-corrected chi connectivity index (χ0v) is 8.51. The highest BCUT2D eigenvalue weighted by atomic mass is 16.4. The standard InChI is InChI=1S/C12H11NO3/c14-12(15)7-10-8-13-11-4-2-1-3-9(11)5-6-16-10/h1-6,8,13H,7H2,(H,14,15). The van der Waals surface area contributed by atoms with Gasteiger partial charge in [-0.05, 0) is 12.1 Å². The first-order chi connectivity index (χ1) is 7.75. The van der Waals surface area contributed by atoms with Gasteiger partial charge in [0.1, 0.15) is 12.2 Å². The molecule has 0 spiro atoms. The molecule has 0 bridgehead atoms. The summed E-state index contributed by atoms with van der Waals surface area (Å²) in [5.74, 6) is -0.548. The Balaban J connectivity index is 2.51. The Kier molecular flexibility index (Phi) is 2.91. The predicted octanol–water partition coefficient (Wildman–Crippen LogP) is 2.51. The van der Waals surface area contributed by atoms with Crippen LogP contribution < -0.4 is 0 Å². The van der Waals surface area contributed by atoms with Crippen molar-refractivity contribution >= 4 is 16.9 Å². The van der Waals surface area contributed by atoms with E-state index in [9.17, 15) is 4.79 Å².